The molecule has 0 radical (unpaired) electrons. The van der Waals surface area contributed by atoms with Crippen LogP contribution >= 0.6 is 0 Å². The van der Waals surface area contributed by atoms with Crippen molar-refractivity contribution in [2.45, 2.75) is 52.2 Å². The molecule has 0 aliphatic heterocycles. The van der Waals surface area contributed by atoms with Crippen LogP contribution < -0.4 is 10.1 Å². The zero-order valence-electron chi connectivity index (χ0n) is 13.3. The van der Waals surface area contributed by atoms with Crippen LogP contribution in [0.25, 0.3) is 0 Å². The van der Waals surface area contributed by atoms with Crippen molar-refractivity contribution in [2.24, 2.45) is 0 Å². The van der Waals surface area contributed by atoms with Gasteiger partial charge in [-0.3, -0.25) is 9.59 Å². The maximum atomic E-state index is 11.7. The van der Waals surface area contributed by atoms with Crippen molar-refractivity contribution in [1.82, 2.24) is 5.32 Å². The third-order valence-corrected chi connectivity index (χ3v) is 3.51. The highest BCUT2D eigenvalue weighted by Gasteiger charge is 2.27. The fraction of sp³-hybridized carbons (Fsp3) is 0.529. The molecule has 0 aromatic heterocycles. The van der Waals surface area contributed by atoms with Gasteiger partial charge in [-0.1, -0.05) is 12.1 Å². The normalized spacial score (nSPS) is 15.0. The summed E-state index contributed by atoms with van der Waals surface area (Å²) in [5, 5.41) is 2.81. The predicted octanol–water partition coefficient (Wildman–Crippen LogP) is 2.28. The van der Waals surface area contributed by atoms with Gasteiger partial charge in [-0.15, -0.1) is 0 Å². The van der Waals surface area contributed by atoms with E-state index in [1.165, 1.54) is 0 Å². The lowest BCUT2D eigenvalue weighted by atomic mass is 10.1. The second-order valence-electron chi connectivity index (χ2n) is 5.78. The average Bonchev–Trinajstić information content (AvgIpc) is 3.26. The van der Waals surface area contributed by atoms with Crippen LogP contribution in [0.2, 0.25) is 0 Å². The number of nitrogens with one attached hydrogen (secondary N) is 1. The highest BCUT2D eigenvalue weighted by atomic mass is 16.5. The Bertz CT molecular complexity index is 552. The van der Waals surface area contributed by atoms with Crippen LogP contribution in [-0.4, -0.2) is 30.6 Å². The Kier molecular flexibility index (Phi) is 5.41. The van der Waals surface area contributed by atoms with Crippen LogP contribution in [-0.2, 0) is 14.3 Å². The molecule has 1 atom stereocenters. The Morgan fingerprint density at radius 2 is 2.05 bits per heavy atom. The van der Waals surface area contributed by atoms with Crippen molar-refractivity contribution in [3.8, 4) is 5.75 Å². The van der Waals surface area contributed by atoms with Gasteiger partial charge in [-0.2, -0.15) is 0 Å². The first-order valence-corrected chi connectivity index (χ1v) is 7.65. The molecule has 1 aromatic carbocycles. The Labute approximate surface area is 131 Å². The maximum absolute atomic E-state index is 11.7. The molecule has 2 rings (SSSR count). The van der Waals surface area contributed by atoms with Crippen molar-refractivity contribution >= 4 is 11.9 Å². The molecule has 5 heteroatoms. The molecule has 1 amide bonds. The molecule has 0 saturated heterocycles. The number of hydrogen-bond acceptors (Lipinski definition) is 4. The quantitative estimate of drug-likeness (QED) is 0.785. The molecule has 0 spiro atoms. The van der Waals surface area contributed by atoms with E-state index >= 15 is 0 Å². The summed E-state index contributed by atoms with van der Waals surface area (Å²) in [6, 6.07) is 6.19. The van der Waals surface area contributed by atoms with Crippen LogP contribution in [0.5, 0.6) is 5.75 Å². The van der Waals surface area contributed by atoms with Crippen LogP contribution in [0.1, 0.15) is 37.3 Å². The molecular formula is C17H23NO4. The van der Waals surface area contributed by atoms with E-state index in [4.69, 9.17) is 9.47 Å². The standard InChI is InChI=1S/C17H23NO4/c1-11-4-5-12(2)15(10-11)21-9-8-16(19)22-13(3)17(20)18-14-6-7-14/h4-5,10,13-14H,6-9H2,1-3H3,(H,18,20)/t13-/m0/s1. The first-order chi connectivity index (χ1) is 10.5. The monoisotopic (exact) mass is 305 g/mol. The van der Waals surface area contributed by atoms with Gasteiger partial charge < -0.3 is 14.8 Å². The van der Waals surface area contributed by atoms with E-state index < -0.39 is 12.1 Å². The number of benzene rings is 1. The van der Waals surface area contributed by atoms with Gasteiger partial charge >= 0.3 is 5.97 Å². The van der Waals surface area contributed by atoms with Crippen LogP contribution in [0.4, 0.5) is 0 Å². The largest absolute Gasteiger partial charge is 0.493 e. The summed E-state index contributed by atoms with van der Waals surface area (Å²) in [6.45, 7) is 5.76. The van der Waals surface area contributed by atoms with E-state index in [0.29, 0.717) is 0 Å². The topological polar surface area (TPSA) is 64.6 Å². The Balaban J connectivity index is 1.70. The van der Waals surface area contributed by atoms with Crippen LogP contribution in [0.15, 0.2) is 18.2 Å². The minimum atomic E-state index is -0.756. The first-order valence-electron chi connectivity index (χ1n) is 7.65. The summed E-state index contributed by atoms with van der Waals surface area (Å²) >= 11 is 0. The number of ether oxygens (including phenoxy) is 2. The highest BCUT2D eigenvalue weighted by Crippen LogP contribution is 2.20. The molecule has 0 bridgehead atoms. The van der Waals surface area contributed by atoms with E-state index in [2.05, 4.69) is 5.32 Å². The molecule has 1 fully saturated rings. The SMILES string of the molecule is Cc1ccc(C)c(OCCC(=O)O[C@@H](C)C(=O)NC2CC2)c1. The molecule has 0 heterocycles. The predicted molar refractivity (Wildman–Crippen MR) is 82.7 cm³/mol. The second kappa shape index (κ2) is 7.29. The lowest BCUT2D eigenvalue weighted by molar-refractivity contribution is -0.155. The number of hydrogen-bond donors (Lipinski definition) is 1. The summed E-state index contributed by atoms with van der Waals surface area (Å²) < 4.78 is 10.7. The Morgan fingerprint density at radius 1 is 1.32 bits per heavy atom. The third-order valence-electron chi connectivity index (χ3n) is 3.51. The number of carbonyl (C=O) groups is 2. The third kappa shape index (κ3) is 5.06. The average molecular weight is 305 g/mol. The van der Waals surface area contributed by atoms with Crippen molar-refractivity contribution in [3.05, 3.63) is 29.3 Å². The van der Waals surface area contributed by atoms with E-state index in [9.17, 15) is 9.59 Å². The summed E-state index contributed by atoms with van der Waals surface area (Å²) in [4.78, 5) is 23.4. The molecule has 1 aliphatic rings. The molecule has 1 aromatic rings. The van der Waals surface area contributed by atoms with Crippen molar-refractivity contribution in [2.75, 3.05) is 6.61 Å². The highest BCUT2D eigenvalue weighted by molar-refractivity contribution is 5.83. The van der Waals surface area contributed by atoms with Crippen molar-refractivity contribution in [3.63, 3.8) is 0 Å². The van der Waals surface area contributed by atoms with Gasteiger partial charge in [0.25, 0.3) is 5.91 Å². The molecule has 22 heavy (non-hydrogen) atoms. The smallest absolute Gasteiger partial charge is 0.310 e. The molecule has 0 unspecified atom stereocenters. The molecule has 1 aliphatic carbocycles. The first kappa shape index (κ1) is 16.3. The van der Waals surface area contributed by atoms with E-state index in [0.717, 1.165) is 29.7 Å². The van der Waals surface area contributed by atoms with E-state index in [1.54, 1.807) is 6.92 Å². The van der Waals surface area contributed by atoms with E-state index in [-0.39, 0.29) is 25.0 Å². The number of rotatable bonds is 7. The van der Waals surface area contributed by atoms with Crippen molar-refractivity contribution in [1.29, 1.82) is 0 Å². The van der Waals surface area contributed by atoms with Gasteiger partial charge in [0.15, 0.2) is 6.10 Å². The van der Waals surface area contributed by atoms with E-state index in [1.807, 2.05) is 32.0 Å². The molecule has 5 nitrogen and oxygen atoms in total. The lowest BCUT2D eigenvalue weighted by Crippen LogP contribution is -2.37. The minimum absolute atomic E-state index is 0.119. The van der Waals surface area contributed by atoms with Gasteiger partial charge in [0, 0.05) is 6.04 Å². The van der Waals surface area contributed by atoms with Gasteiger partial charge in [0.2, 0.25) is 0 Å². The van der Waals surface area contributed by atoms with Gasteiger partial charge in [-0.25, -0.2) is 0 Å². The summed E-state index contributed by atoms with van der Waals surface area (Å²) in [7, 11) is 0. The minimum Gasteiger partial charge on any atom is -0.493 e. The lowest BCUT2D eigenvalue weighted by Gasteiger charge is -2.14. The van der Waals surface area contributed by atoms with Crippen molar-refractivity contribution < 1.29 is 19.1 Å². The molecule has 1 saturated carbocycles. The second-order valence-corrected chi connectivity index (χ2v) is 5.78. The Hall–Kier alpha value is -2.04. The molecule has 1 N–H and O–H groups in total. The Morgan fingerprint density at radius 3 is 2.73 bits per heavy atom. The summed E-state index contributed by atoms with van der Waals surface area (Å²) in [5.41, 5.74) is 2.13. The van der Waals surface area contributed by atoms with Gasteiger partial charge in [-0.05, 0) is 50.8 Å². The van der Waals surface area contributed by atoms with Crippen LogP contribution in [0.3, 0.4) is 0 Å². The van der Waals surface area contributed by atoms with Gasteiger partial charge in [0.05, 0.1) is 13.0 Å². The zero-order valence-corrected chi connectivity index (χ0v) is 13.3. The maximum Gasteiger partial charge on any atom is 0.310 e. The fourth-order valence-corrected chi connectivity index (χ4v) is 1.96. The summed E-state index contributed by atoms with van der Waals surface area (Å²) in [5.74, 6) is 0.113. The number of esters is 1. The zero-order chi connectivity index (χ0) is 16.1. The number of aryl methyl sites for hydroxylation is 2. The van der Waals surface area contributed by atoms with Gasteiger partial charge in [0.1, 0.15) is 5.75 Å². The van der Waals surface area contributed by atoms with Crippen LogP contribution in [0, 0.1) is 13.8 Å². The number of amides is 1. The summed E-state index contributed by atoms with van der Waals surface area (Å²) in [6.07, 6.45) is 1.38. The molecular weight excluding hydrogens is 282 g/mol. The fourth-order valence-electron chi connectivity index (χ4n) is 1.96. The number of carbonyl (C=O) groups excluding carboxylic acids is 2. The molecule has 120 valence electrons.